The van der Waals surface area contributed by atoms with Crippen LogP contribution in [0.25, 0.3) is 0 Å². The maximum absolute atomic E-state index is 2.26. The van der Waals surface area contributed by atoms with Gasteiger partial charge < -0.3 is 0 Å². The molecule has 0 N–H and O–H groups in total. The van der Waals surface area contributed by atoms with Gasteiger partial charge in [-0.25, -0.2) is 0 Å². The van der Waals surface area contributed by atoms with Crippen LogP contribution in [0.3, 0.4) is 0 Å². The Morgan fingerprint density at radius 3 is 1.12 bits per heavy atom. The number of rotatable bonds is 3. The van der Waals surface area contributed by atoms with Crippen molar-refractivity contribution < 1.29 is 0 Å². The van der Waals surface area contributed by atoms with Crippen molar-refractivity contribution in [2.75, 3.05) is 0 Å². The zero-order valence-corrected chi connectivity index (χ0v) is 8.70. The minimum atomic E-state index is 0. The summed E-state index contributed by atoms with van der Waals surface area (Å²) in [5.41, 5.74) is 0. The van der Waals surface area contributed by atoms with Crippen molar-refractivity contribution in [3.05, 3.63) is 0 Å². The van der Waals surface area contributed by atoms with E-state index in [9.17, 15) is 0 Å². The molecule has 0 spiro atoms. The summed E-state index contributed by atoms with van der Waals surface area (Å²) in [7, 11) is 0. The molecule has 0 aromatic heterocycles. The van der Waals surface area contributed by atoms with E-state index >= 15 is 0 Å². The molecule has 0 saturated carbocycles. The van der Waals surface area contributed by atoms with Crippen LogP contribution in [-0.2, 0) is 0 Å². The summed E-state index contributed by atoms with van der Waals surface area (Å²) in [6.45, 7) is 7.77. The maximum Gasteiger partial charge on any atom is 0.139 e. The predicted molar refractivity (Wildman–Crippen MR) is 43.0 cm³/mol. The monoisotopic (exact) mass is 121 g/mol. The molecule has 0 aromatic rings. The van der Waals surface area contributed by atoms with Gasteiger partial charge in [0, 0.05) is 29.6 Å². The zero-order chi connectivity index (χ0) is 5.70. The molecule has 2 heteroatoms. The van der Waals surface area contributed by atoms with E-state index in [0.717, 1.165) is 6.71 Å². The van der Waals surface area contributed by atoms with Crippen LogP contribution in [0.2, 0.25) is 19.0 Å². The van der Waals surface area contributed by atoms with Crippen molar-refractivity contribution in [2.45, 2.75) is 39.7 Å². The molecule has 0 bridgehead atoms. The van der Waals surface area contributed by atoms with Crippen molar-refractivity contribution in [3.8, 4) is 0 Å². The average molecular weight is 121 g/mol. The van der Waals surface area contributed by atoms with E-state index in [4.69, 9.17) is 0 Å². The van der Waals surface area contributed by atoms with Gasteiger partial charge in [0.2, 0.25) is 0 Å². The van der Waals surface area contributed by atoms with Crippen LogP contribution in [0.15, 0.2) is 0 Å². The molecule has 0 atom stereocenters. The van der Waals surface area contributed by atoms with Crippen molar-refractivity contribution in [1.82, 2.24) is 0 Å². The first-order valence-electron chi connectivity index (χ1n) is 3.35. The molecule has 0 aliphatic heterocycles. The summed E-state index contributed by atoms with van der Waals surface area (Å²) in [6.07, 6.45) is 4.06. The first-order chi connectivity index (χ1) is 3.35. The average Bonchev–Trinajstić information content (AvgIpc) is 1.72. The second-order valence-electron chi connectivity index (χ2n) is 2.09. The number of hydrogen-bond acceptors (Lipinski definition) is 0. The van der Waals surface area contributed by atoms with E-state index in [-0.39, 0.29) is 29.6 Å². The molecule has 8 heavy (non-hydrogen) atoms. The van der Waals surface area contributed by atoms with Crippen LogP contribution in [0.1, 0.15) is 20.8 Å². The fraction of sp³-hybridized carbons (Fsp3) is 1.00. The Morgan fingerprint density at radius 1 is 0.875 bits per heavy atom. The molecule has 43 valence electrons. The fourth-order valence-electron chi connectivity index (χ4n) is 0.866. The van der Waals surface area contributed by atoms with Crippen LogP contribution < -0.4 is 0 Å². The second-order valence-corrected chi connectivity index (χ2v) is 2.09. The summed E-state index contributed by atoms with van der Waals surface area (Å²) in [5.74, 6) is 0. The Kier molecular flexibility index (Phi) is 11.9. The summed E-state index contributed by atoms with van der Waals surface area (Å²) in [6, 6.07) is 0. The molecule has 0 unspecified atom stereocenters. The van der Waals surface area contributed by atoms with Crippen LogP contribution >= 0.6 is 0 Å². The predicted octanol–water partition coefficient (Wildman–Crippen LogP) is 2.16. The van der Waals surface area contributed by atoms with Crippen LogP contribution in [0.4, 0.5) is 0 Å². The Labute approximate surface area is 75.8 Å². The minimum absolute atomic E-state index is 0. The smallest absolute Gasteiger partial charge is 0.0770 e. The molecule has 0 aliphatic rings. The van der Waals surface area contributed by atoms with Gasteiger partial charge in [0.05, 0.1) is 0 Å². The summed E-state index contributed by atoms with van der Waals surface area (Å²) in [5, 5.41) is 0. The van der Waals surface area contributed by atoms with Gasteiger partial charge in [-0.3, -0.25) is 0 Å². The Morgan fingerprint density at radius 2 is 1.12 bits per heavy atom. The Bertz CT molecular complexity index is 30.0. The van der Waals surface area contributed by atoms with Crippen LogP contribution in [-0.4, -0.2) is 36.3 Å². The van der Waals surface area contributed by atoms with Gasteiger partial charge in [-0.1, -0.05) is 39.7 Å². The molecular formula is C6H15BNa. The van der Waals surface area contributed by atoms with E-state index in [1.54, 1.807) is 0 Å². The van der Waals surface area contributed by atoms with Gasteiger partial charge in [0.25, 0.3) is 0 Å². The molecule has 0 heterocycles. The molecule has 0 amide bonds. The van der Waals surface area contributed by atoms with Crippen LogP contribution in [0, 0.1) is 0 Å². The number of hydrogen-bond donors (Lipinski definition) is 0. The molecule has 0 nitrogen and oxygen atoms in total. The van der Waals surface area contributed by atoms with Gasteiger partial charge >= 0.3 is 0 Å². The fourth-order valence-corrected chi connectivity index (χ4v) is 0.866. The summed E-state index contributed by atoms with van der Waals surface area (Å²) < 4.78 is 0. The Balaban J connectivity index is 0. The van der Waals surface area contributed by atoms with Gasteiger partial charge in [0.15, 0.2) is 0 Å². The first-order valence-corrected chi connectivity index (χ1v) is 3.35. The largest absolute Gasteiger partial charge is 0.139 e. The van der Waals surface area contributed by atoms with E-state index in [0.29, 0.717) is 0 Å². The van der Waals surface area contributed by atoms with E-state index in [1.165, 1.54) is 19.0 Å². The first kappa shape index (κ1) is 11.8. The topological polar surface area (TPSA) is 0 Å². The molecule has 0 aromatic carbocycles. The van der Waals surface area contributed by atoms with E-state index in [2.05, 4.69) is 20.8 Å². The third-order valence-corrected chi connectivity index (χ3v) is 1.73. The standard InChI is InChI=1S/C6H15B.Na/c1-4-7(5-2)6-3;/h4-6H2,1-3H3;. The van der Waals surface area contributed by atoms with E-state index in [1.807, 2.05) is 0 Å². The van der Waals surface area contributed by atoms with Gasteiger partial charge in [0.1, 0.15) is 6.71 Å². The van der Waals surface area contributed by atoms with E-state index < -0.39 is 0 Å². The van der Waals surface area contributed by atoms with Crippen molar-refractivity contribution in [1.29, 1.82) is 0 Å². The normalized spacial score (nSPS) is 7.88. The third kappa shape index (κ3) is 5.21. The van der Waals surface area contributed by atoms with Crippen molar-refractivity contribution in [3.63, 3.8) is 0 Å². The molecule has 0 rings (SSSR count). The second kappa shape index (κ2) is 8.06. The van der Waals surface area contributed by atoms with Crippen LogP contribution in [0.5, 0.6) is 0 Å². The molecule has 1 radical (unpaired) electrons. The minimum Gasteiger partial charge on any atom is -0.0770 e. The van der Waals surface area contributed by atoms with Gasteiger partial charge in [-0.15, -0.1) is 0 Å². The zero-order valence-electron chi connectivity index (χ0n) is 6.70. The molecule has 0 aliphatic carbocycles. The molecule has 0 saturated heterocycles. The quantitative estimate of drug-likeness (QED) is 0.502. The molecule has 0 fully saturated rings. The summed E-state index contributed by atoms with van der Waals surface area (Å²) in [4.78, 5) is 0. The van der Waals surface area contributed by atoms with Crippen molar-refractivity contribution >= 4 is 36.3 Å². The molecular weight excluding hydrogens is 106 g/mol. The van der Waals surface area contributed by atoms with Gasteiger partial charge in [-0.2, -0.15) is 0 Å². The van der Waals surface area contributed by atoms with Gasteiger partial charge in [-0.05, 0) is 0 Å². The third-order valence-electron chi connectivity index (χ3n) is 1.73. The SMILES string of the molecule is CCB(CC)CC.[Na]. The van der Waals surface area contributed by atoms with Crippen molar-refractivity contribution in [2.24, 2.45) is 0 Å². The maximum atomic E-state index is 2.26. The summed E-state index contributed by atoms with van der Waals surface area (Å²) >= 11 is 0. The Hall–Kier alpha value is 1.06.